The van der Waals surface area contributed by atoms with E-state index in [0.29, 0.717) is 0 Å². The van der Waals surface area contributed by atoms with Crippen molar-refractivity contribution in [3.63, 3.8) is 0 Å². The van der Waals surface area contributed by atoms with E-state index < -0.39 is 0 Å². The highest BCUT2D eigenvalue weighted by molar-refractivity contribution is 5.35. The van der Waals surface area contributed by atoms with Gasteiger partial charge in [0.15, 0.2) is 0 Å². The van der Waals surface area contributed by atoms with Crippen molar-refractivity contribution >= 4 is 5.82 Å². The predicted octanol–water partition coefficient (Wildman–Crippen LogP) is 1.79. The fourth-order valence-electron chi connectivity index (χ4n) is 1.70. The maximum absolute atomic E-state index is 4.32. The Morgan fingerprint density at radius 1 is 1.29 bits per heavy atom. The van der Waals surface area contributed by atoms with Crippen LogP contribution in [0.25, 0.3) is 0 Å². The van der Waals surface area contributed by atoms with Crippen LogP contribution in [-0.2, 0) is 6.54 Å². The van der Waals surface area contributed by atoms with E-state index in [1.807, 2.05) is 36.9 Å². The number of aryl methyl sites for hydroxylation is 3. The fraction of sp³-hybridized carbons (Fsp3) is 0.417. The van der Waals surface area contributed by atoms with Crippen molar-refractivity contribution in [3.8, 4) is 0 Å². The summed E-state index contributed by atoms with van der Waals surface area (Å²) in [6, 6.07) is 3.89. The van der Waals surface area contributed by atoms with Crippen LogP contribution in [0.1, 0.15) is 17.9 Å². The van der Waals surface area contributed by atoms with Crippen molar-refractivity contribution < 1.29 is 0 Å². The van der Waals surface area contributed by atoms with E-state index in [2.05, 4.69) is 20.4 Å². The van der Waals surface area contributed by atoms with Gasteiger partial charge >= 0.3 is 0 Å². The third-order valence-corrected chi connectivity index (χ3v) is 2.40. The molecule has 0 fully saturated rings. The van der Waals surface area contributed by atoms with Crippen LogP contribution in [0.4, 0.5) is 5.82 Å². The normalized spacial score (nSPS) is 10.5. The van der Waals surface area contributed by atoms with E-state index in [-0.39, 0.29) is 0 Å². The van der Waals surface area contributed by atoms with Gasteiger partial charge in [-0.15, -0.1) is 0 Å². The second-order valence-corrected chi connectivity index (χ2v) is 3.99. The van der Waals surface area contributed by atoms with Gasteiger partial charge in [0.2, 0.25) is 0 Å². The molecule has 0 aliphatic carbocycles. The molecule has 0 unspecified atom stereocenters. The van der Waals surface area contributed by atoms with Crippen molar-refractivity contribution in [2.75, 3.05) is 11.9 Å². The minimum atomic E-state index is 0.805. The Labute approximate surface area is 101 Å². The predicted molar refractivity (Wildman–Crippen MR) is 66.8 cm³/mol. The van der Waals surface area contributed by atoms with E-state index >= 15 is 0 Å². The molecule has 0 saturated heterocycles. The van der Waals surface area contributed by atoms with Crippen LogP contribution < -0.4 is 5.32 Å². The zero-order valence-electron chi connectivity index (χ0n) is 10.2. The number of hydrogen-bond donors (Lipinski definition) is 1. The summed E-state index contributed by atoms with van der Waals surface area (Å²) in [6.07, 6.45) is 4.79. The number of rotatable bonds is 5. The maximum Gasteiger partial charge on any atom is 0.129 e. The molecule has 2 heterocycles. The van der Waals surface area contributed by atoms with Crippen LogP contribution >= 0.6 is 0 Å². The highest BCUT2D eigenvalue weighted by Gasteiger charge is 1.98. The minimum absolute atomic E-state index is 0.805. The second kappa shape index (κ2) is 5.43. The van der Waals surface area contributed by atoms with Gasteiger partial charge in [-0.05, 0) is 26.3 Å². The van der Waals surface area contributed by atoms with Gasteiger partial charge in [-0.2, -0.15) is 5.10 Å². The summed E-state index contributed by atoms with van der Waals surface area (Å²) >= 11 is 0. The van der Waals surface area contributed by atoms with Crippen LogP contribution in [0.5, 0.6) is 0 Å². The second-order valence-electron chi connectivity index (χ2n) is 3.99. The van der Waals surface area contributed by atoms with Gasteiger partial charge in [0, 0.05) is 37.2 Å². The highest BCUT2D eigenvalue weighted by atomic mass is 15.3. The summed E-state index contributed by atoms with van der Waals surface area (Å²) in [5, 5.41) is 7.45. The molecule has 2 aromatic rings. The van der Waals surface area contributed by atoms with E-state index in [9.17, 15) is 0 Å². The molecule has 0 bridgehead atoms. The van der Waals surface area contributed by atoms with Crippen LogP contribution in [0, 0.1) is 13.8 Å². The average molecular weight is 231 g/mol. The molecule has 5 nitrogen and oxygen atoms in total. The smallest absolute Gasteiger partial charge is 0.129 e. The van der Waals surface area contributed by atoms with E-state index in [0.717, 1.165) is 36.8 Å². The third kappa shape index (κ3) is 3.55. The molecule has 0 aliphatic heterocycles. The molecule has 0 aliphatic rings. The summed E-state index contributed by atoms with van der Waals surface area (Å²) in [6.45, 7) is 5.68. The first-order chi connectivity index (χ1) is 8.24. The lowest BCUT2D eigenvalue weighted by Crippen LogP contribution is -2.09. The van der Waals surface area contributed by atoms with Gasteiger partial charge < -0.3 is 5.32 Å². The third-order valence-electron chi connectivity index (χ3n) is 2.40. The van der Waals surface area contributed by atoms with Gasteiger partial charge in [0.1, 0.15) is 11.6 Å². The summed E-state index contributed by atoms with van der Waals surface area (Å²) in [5.74, 6) is 1.70. The molecule has 0 atom stereocenters. The minimum Gasteiger partial charge on any atom is -0.370 e. The van der Waals surface area contributed by atoms with E-state index in [1.54, 1.807) is 6.20 Å². The van der Waals surface area contributed by atoms with Gasteiger partial charge in [-0.3, -0.25) is 4.68 Å². The Bertz CT molecular complexity index is 444. The van der Waals surface area contributed by atoms with Crippen molar-refractivity contribution in [2.24, 2.45) is 0 Å². The summed E-state index contributed by atoms with van der Waals surface area (Å²) in [5.41, 5.74) is 0.993. The molecule has 17 heavy (non-hydrogen) atoms. The number of hydrogen-bond acceptors (Lipinski definition) is 4. The Hall–Kier alpha value is -1.91. The molecule has 5 heteroatoms. The van der Waals surface area contributed by atoms with Crippen LogP contribution in [-0.4, -0.2) is 26.3 Å². The largest absolute Gasteiger partial charge is 0.370 e. The molecule has 0 radical (unpaired) electrons. The Balaban J connectivity index is 1.78. The van der Waals surface area contributed by atoms with E-state index in [1.165, 1.54) is 0 Å². The van der Waals surface area contributed by atoms with Crippen LogP contribution in [0.3, 0.4) is 0 Å². The number of anilines is 1. The zero-order valence-corrected chi connectivity index (χ0v) is 10.2. The number of nitrogens with zero attached hydrogens (tertiary/aromatic N) is 4. The molecule has 0 aromatic carbocycles. The lowest BCUT2D eigenvalue weighted by Gasteiger charge is -2.07. The molecule has 0 amide bonds. The van der Waals surface area contributed by atoms with Gasteiger partial charge in [0.25, 0.3) is 0 Å². The maximum atomic E-state index is 4.32. The zero-order chi connectivity index (χ0) is 12.1. The van der Waals surface area contributed by atoms with Gasteiger partial charge in [0.05, 0.1) is 0 Å². The summed E-state index contributed by atoms with van der Waals surface area (Å²) in [4.78, 5) is 8.56. The fourth-order valence-corrected chi connectivity index (χ4v) is 1.70. The van der Waals surface area contributed by atoms with Gasteiger partial charge in [-0.25, -0.2) is 9.97 Å². The standard InChI is InChI=1S/C12H17N5/c1-10-9-12(16-11(2)15-10)13-5-3-7-17-8-4-6-14-17/h4,6,8-9H,3,5,7H2,1-2H3,(H,13,15,16). The highest BCUT2D eigenvalue weighted by Crippen LogP contribution is 2.05. The first kappa shape index (κ1) is 11.6. The lowest BCUT2D eigenvalue weighted by molar-refractivity contribution is 0.591. The van der Waals surface area contributed by atoms with E-state index in [4.69, 9.17) is 0 Å². The topological polar surface area (TPSA) is 55.6 Å². The Morgan fingerprint density at radius 2 is 2.18 bits per heavy atom. The molecular weight excluding hydrogens is 214 g/mol. The molecule has 90 valence electrons. The first-order valence-electron chi connectivity index (χ1n) is 5.77. The average Bonchev–Trinajstić information content (AvgIpc) is 2.76. The molecule has 0 saturated carbocycles. The SMILES string of the molecule is Cc1cc(NCCCn2cccn2)nc(C)n1. The van der Waals surface area contributed by atoms with Crippen molar-refractivity contribution in [1.82, 2.24) is 19.7 Å². The number of aromatic nitrogens is 4. The Kier molecular flexibility index (Phi) is 3.69. The summed E-state index contributed by atoms with van der Waals surface area (Å²) in [7, 11) is 0. The molecular formula is C12H17N5. The summed E-state index contributed by atoms with van der Waals surface area (Å²) < 4.78 is 1.93. The van der Waals surface area contributed by atoms with Crippen LogP contribution in [0.2, 0.25) is 0 Å². The molecule has 1 N–H and O–H groups in total. The Morgan fingerprint density at radius 3 is 2.88 bits per heavy atom. The lowest BCUT2D eigenvalue weighted by atomic mass is 10.4. The van der Waals surface area contributed by atoms with Crippen LogP contribution in [0.15, 0.2) is 24.5 Å². The molecule has 0 spiro atoms. The monoisotopic (exact) mass is 231 g/mol. The number of nitrogens with one attached hydrogen (secondary N) is 1. The first-order valence-corrected chi connectivity index (χ1v) is 5.77. The quantitative estimate of drug-likeness (QED) is 0.797. The van der Waals surface area contributed by atoms with Gasteiger partial charge in [-0.1, -0.05) is 0 Å². The molecule has 2 aromatic heterocycles. The van der Waals surface area contributed by atoms with Crippen molar-refractivity contribution in [3.05, 3.63) is 36.0 Å². The van der Waals surface area contributed by atoms with Crippen molar-refractivity contribution in [1.29, 1.82) is 0 Å². The van der Waals surface area contributed by atoms with Crippen molar-refractivity contribution in [2.45, 2.75) is 26.8 Å². The molecule has 2 rings (SSSR count).